The summed E-state index contributed by atoms with van der Waals surface area (Å²) < 4.78 is 15.8. The van der Waals surface area contributed by atoms with E-state index in [1.165, 1.54) is 24.0 Å². The lowest BCUT2D eigenvalue weighted by atomic mass is 10.1. The first kappa shape index (κ1) is 16.4. The maximum atomic E-state index is 5.58. The molecule has 1 aromatic rings. The van der Waals surface area contributed by atoms with Crippen molar-refractivity contribution >= 4 is 0 Å². The molecule has 0 saturated heterocycles. The summed E-state index contributed by atoms with van der Waals surface area (Å²) in [5, 5.41) is 3.53. The van der Waals surface area contributed by atoms with E-state index in [1.54, 1.807) is 7.11 Å². The van der Waals surface area contributed by atoms with Crippen molar-refractivity contribution in [2.75, 3.05) is 40.1 Å². The summed E-state index contributed by atoms with van der Waals surface area (Å²) in [7, 11) is 1.67. The van der Waals surface area contributed by atoms with E-state index >= 15 is 0 Å². The van der Waals surface area contributed by atoms with Gasteiger partial charge in [-0.3, -0.25) is 0 Å². The monoisotopic (exact) mass is 293 g/mol. The molecule has 4 nitrogen and oxygen atoms in total. The molecule has 1 aliphatic carbocycles. The van der Waals surface area contributed by atoms with Gasteiger partial charge in [-0.15, -0.1) is 0 Å². The molecule has 0 amide bonds. The van der Waals surface area contributed by atoms with E-state index in [0.717, 1.165) is 19.0 Å². The summed E-state index contributed by atoms with van der Waals surface area (Å²) in [4.78, 5) is 0. The Morgan fingerprint density at radius 3 is 2.33 bits per heavy atom. The maximum absolute atomic E-state index is 5.58. The fourth-order valence-electron chi connectivity index (χ4n) is 2.06. The number of nitrogens with one attached hydrogen (secondary N) is 1. The van der Waals surface area contributed by atoms with E-state index in [4.69, 9.17) is 14.2 Å². The van der Waals surface area contributed by atoms with Crippen molar-refractivity contribution in [3.05, 3.63) is 35.4 Å². The number of benzene rings is 1. The molecule has 21 heavy (non-hydrogen) atoms. The third-order valence-electron chi connectivity index (χ3n) is 3.52. The molecule has 4 heteroatoms. The van der Waals surface area contributed by atoms with Gasteiger partial charge in [0.15, 0.2) is 0 Å². The van der Waals surface area contributed by atoms with Crippen molar-refractivity contribution in [1.82, 2.24) is 5.32 Å². The van der Waals surface area contributed by atoms with Crippen molar-refractivity contribution in [3.8, 4) is 0 Å². The van der Waals surface area contributed by atoms with E-state index in [-0.39, 0.29) is 0 Å². The first-order valence-corrected chi connectivity index (χ1v) is 7.84. The van der Waals surface area contributed by atoms with Crippen LogP contribution in [-0.4, -0.2) is 46.1 Å². The molecule has 0 atom stereocenters. The van der Waals surface area contributed by atoms with Crippen molar-refractivity contribution in [2.24, 2.45) is 0 Å². The number of hydrogen-bond donors (Lipinski definition) is 1. The van der Waals surface area contributed by atoms with E-state index in [9.17, 15) is 0 Å². The zero-order chi connectivity index (χ0) is 14.8. The minimum atomic E-state index is 0.619. The maximum Gasteiger partial charge on any atom is 0.0718 e. The Balaban J connectivity index is 1.52. The molecule has 0 aromatic heterocycles. The summed E-state index contributed by atoms with van der Waals surface area (Å²) in [6, 6.07) is 9.49. The highest BCUT2D eigenvalue weighted by Crippen LogP contribution is 2.18. The van der Waals surface area contributed by atoms with Crippen LogP contribution in [0.1, 0.15) is 24.0 Å². The Hall–Kier alpha value is -0.940. The molecule has 1 aliphatic rings. The Labute approximate surface area is 127 Å². The molecule has 0 bridgehead atoms. The second kappa shape index (κ2) is 9.90. The molecule has 0 radical (unpaired) electrons. The van der Waals surface area contributed by atoms with Crippen LogP contribution in [0.2, 0.25) is 0 Å². The minimum Gasteiger partial charge on any atom is -0.382 e. The Kier molecular flexibility index (Phi) is 7.75. The lowest BCUT2D eigenvalue weighted by molar-refractivity contribution is 0.0199. The largest absolute Gasteiger partial charge is 0.382 e. The highest BCUT2D eigenvalue weighted by molar-refractivity contribution is 5.22. The van der Waals surface area contributed by atoms with E-state index in [0.29, 0.717) is 33.0 Å². The molecule has 1 saturated carbocycles. The molecule has 1 N–H and O–H groups in total. The molecule has 0 unspecified atom stereocenters. The fraction of sp³-hybridized carbons (Fsp3) is 0.647. The second-order valence-corrected chi connectivity index (χ2v) is 5.45. The van der Waals surface area contributed by atoms with E-state index in [2.05, 4.69) is 29.6 Å². The lowest BCUT2D eigenvalue weighted by Crippen LogP contribution is -2.19. The van der Waals surface area contributed by atoms with Gasteiger partial charge in [-0.2, -0.15) is 0 Å². The van der Waals surface area contributed by atoms with E-state index in [1.807, 2.05) is 0 Å². The second-order valence-electron chi connectivity index (χ2n) is 5.45. The third kappa shape index (κ3) is 7.58. The van der Waals surface area contributed by atoms with Crippen LogP contribution in [-0.2, 0) is 27.2 Å². The topological polar surface area (TPSA) is 39.7 Å². The zero-order valence-corrected chi connectivity index (χ0v) is 13.0. The van der Waals surface area contributed by atoms with Gasteiger partial charge in [0.05, 0.1) is 33.0 Å². The van der Waals surface area contributed by atoms with Crippen LogP contribution in [0.5, 0.6) is 0 Å². The van der Waals surface area contributed by atoms with Gasteiger partial charge in [0, 0.05) is 13.2 Å². The van der Waals surface area contributed by atoms with Crippen molar-refractivity contribution < 1.29 is 14.2 Å². The average molecular weight is 293 g/mol. The van der Waals surface area contributed by atoms with Crippen molar-refractivity contribution in [1.29, 1.82) is 0 Å². The predicted octanol–water partition coefficient (Wildman–Crippen LogP) is 2.16. The quantitative estimate of drug-likeness (QED) is 0.600. The molecule has 2 rings (SSSR count). The zero-order valence-electron chi connectivity index (χ0n) is 13.0. The van der Waals surface area contributed by atoms with Gasteiger partial charge < -0.3 is 19.5 Å². The van der Waals surface area contributed by atoms with Crippen LogP contribution in [0, 0.1) is 0 Å². The van der Waals surface area contributed by atoms with E-state index < -0.39 is 0 Å². The summed E-state index contributed by atoms with van der Waals surface area (Å²) in [6.45, 7) is 4.24. The van der Waals surface area contributed by atoms with Crippen molar-refractivity contribution in [3.63, 3.8) is 0 Å². The lowest BCUT2D eigenvalue weighted by Gasteiger charge is -2.07. The number of ether oxygens (including phenoxy) is 3. The standard InChI is InChI=1S/C17H27NO3/c1-19-10-11-20-12-13-21-14-16-4-2-15(3-5-16)8-9-18-17-6-7-17/h2-5,17-18H,6-14H2,1H3. The highest BCUT2D eigenvalue weighted by atomic mass is 16.5. The normalized spacial score (nSPS) is 14.5. The molecule has 0 heterocycles. The molecular weight excluding hydrogens is 266 g/mol. The average Bonchev–Trinajstić information content (AvgIpc) is 3.32. The minimum absolute atomic E-state index is 0.619. The molecule has 0 aliphatic heterocycles. The van der Waals surface area contributed by atoms with Crippen LogP contribution < -0.4 is 5.32 Å². The number of rotatable bonds is 12. The third-order valence-corrected chi connectivity index (χ3v) is 3.52. The molecule has 1 aromatic carbocycles. The highest BCUT2D eigenvalue weighted by Gasteiger charge is 2.19. The number of methoxy groups -OCH3 is 1. The fourth-order valence-corrected chi connectivity index (χ4v) is 2.06. The van der Waals surface area contributed by atoms with Gasteiger partial charge >= 0.3 is 0 Å². The first-order valence-electron chi connectivity index (χ1n) is 7.84. The van der Waals surface area contributed by atoms with Crippen LogP contribution in [0.15, 0.2) is 24.3 Å². The summed E-state index contributed by atoms with van der Waals surface area (Å²) in [5.41, 5.74) is 2.60. The first-order chi connectivity index (χ1) is 10.4. The van der Waals surface area contributed by atoms with Gasteiger partial charge in [0.25, 0.3) is 0 Å². The van der Waals surface area contributed by atoms with Gasteiger partial charge in [-0.05, 0) is 36.9 Å². The predicted molar refractivity (Wildman–Crippen MR) is 83.5 cm³/mol. The van der Waals surface area contributed by atoms with Gasteiger partial charge in [0.1, 0.15) is 0 Å². The molecule has 1 fully saturated rings. The van der Waals surface area contributed by atoms with Crippen LogP contribution in [0.4, 0.5) is 0 Å². The molecular formula is C17H27NO3. The molecule has 118 valence electrons. The molecule has 0 spiro atoms. The Bertz CT molecular complexity index is 376. The summed E-state index contributed by atoms with van der Waals surface area (Å²) in [6.07, 6.45) is 3.81. The van der Waals surface area contributed by atoms with Gasteiger partial charge in [0.2, 0.25) is 0 Å². The Morgan fingerprint density at radius 1 is 0.952 bits per heavy atom. The summed E-state index contributed by atoms with van der Waals surface area (Å²) in [5.74, 6) is 0. The smallest absolute Gasteiger partial charge is 0.0718 e. The van der Waals surface area contributed by atoms with Crippen LogP contribution >= 0.6 is 0 Å². The summed E-state index contributed by atoms with van der Waals surface area (Å²) >= 11 is 0. The number of hydrogen-bond acceptors (Lipinski definition) is 4. The van der Waals surface area contributed by atoms with Gasteiger partial charge in [-0.25, -0.2) is 0 Å². The van der Waals surface area contributed by atoms with Crippen LogP contribution in [0.25, 0.3) is 0 Å². The Morgan fingerprint density at radius 2 is 1.62 bits per heavy atom. The van der Waals surface area contributed by atoms with Crippen molar-refractivity contribution in [2.45, 2.75) is 31.9 Å². The van der Waals surface area contributed by atoms with Crippen LogP contribution in [0.3, 0.4) is 0 Å². The SMILES string of the molecule is COCCOCCOCc1ccc(CCNC2CC2)cc1. The van der Waals surface area contributed by atoms with Gasteiger partial charge in [-0.1, -0.05) is 24.3 Å².